The first-order valence-electron chi connectivity index (χ1n) is 10.4. The number of aliphatic hydroxyl groups is 1. The number of carboxylic acid groups (broad SMARTS) is 2. The van der Waals surface area contributed by atoms with Crippen LogP contribution >= 0.6 is 0 Å². The summed E-state index contributed by atoms with van der Waals surface area (Å²) in [6.07, 6.45) is 2.53. The lowest BCUT2D eigenvalue weighted by Gasteiger charge is -2.15. The normalized spacial score (nSPS) is 14.0. The van der Waals surface area contributed by atoms with E-state index in [4.69, 9.17) is 19.7 Å². The van der Waals surface area contributed by atoms with Gasteiger partial charge in [0.2, 0.25) is 0 Å². The SMILES string of the molecule is CC(C)NCC(O)COc1ccc(CCOCC2CC2)cc1.O=C(O)CCC(=O)O. The minimum absolute atomic E-state index is 0.296. The van der Waals surface area contributed by atoms with Gasteiger partial charge in [0.05, 0.1) is 19.4 Å². The third-order valence-corrected chi connectivity index (χ3v) is 4.27. The van der Waals surface area contributed by atoms with E-state index in [9.17, 15) is 14.7 Å². The Morgan fingerprint density at radius 1 is 1.10 bits per heavy atom. The summed E-state index contributed by atoms with van der Waals surface area (Å²) in [4.78, 5) is 19.3. The monoisotopic (exact) mass is 425 g/mol. The topological polar surface area (TPSA) is 125 Å². The first kappa shape index (κ1) is 25.9. The highest BCUT2D eigenvalue weighted by atomic mass is 16.5. The van der Waals surface area contributed by atoms with E-state index in [2.05, 4.69) is 31.3 Å². The molecule has 0 aliphatic heterocycles. The minimum Gasteiger partial charge on any atom is -0.491 e. The molecular weight excluding hydrogens is 390 g/mol. The fourth-order valence-corrected chi connectivity index (χ4v) is 2.31. The average molecular weight is 426 g/mol. The Morgan fingerprint density at radius 3 is 2.20 bits per heavy atom. The molecule has 0 spiro atoms. The molecule has 0 heterocycles. The van der Waals surface area contributed by atoms with Crippen LogP contribution in [0, 0.1) is 5.92 Å². The number of nitrogens with one attached hydrogen (secondary N) is 1. The van der Waals surface area contributed by atoms with Gasteiger partial charge in [-0.05, 0) is 42.9 Å². The Bertz CT molecular complexity index is 600. The molecule has 1 aromatic rings. The molecule has 0 saturated heterocycles. The van der Waals surface area contributed by atoms with Crippen LogP contribution < -0.4 is 10.1 Å². The molecule has 1 atom stereocenters. The largest absolute Gasteiger partial charge is 0.491 e. The summed E-state index contributed by atoms with van der Waals surface area (Å²) in [5.74, 6) is -0.529. The molecule has 0 amide bonds. The van der Waals surface area contributed by atoms with Crippen LogP contribution in [0.5, 0.6) is 5.75 Å². The van der Waals surface area contributed by atoms with Crippen molar-refractivity contribution >= 4 is 11.9 Å². The van der Waals surface area contributed by atoms with Gasteiger partial charge in [0.15, 0.2) is 0 Å². The molecule has 1 saturated carbocycles. The number of rotatable bonds is 14. The molecule has 30 heavy (non-hydrogen) atoms. The standard InChI is InChI=1S/C18H29NO3.C4H6O4/c1-14(2)19-11-17(20)13-22-18-7-5-15(6-8-18)9-10-21-12-16-3-4-16;5-3(6)1-2-4(7)8/h5-8,14,16-17,19-20H,3-4,9-13H2,1-2H3;1-2H2,(H,5,6)(H,7,8). The van der Waals surface area contributed by atoms with Gasteiger partial charge >= 0.3 is 11.9 Å². The minimum atomic E-state index is -1.08. The Kier molecular flexibility index (Phi) is 12.7. The molecule has 1 aromatic carbocycles. The Hall–Kier alpha value is -2.16. The van der Waals surface area contributed by atoms with Crippen molar-refractivity contribution in [3.63, 3.8) is 0 Å². The van der Waals surface area contributed by atoms with E-state index in [0.29, 0.717) is 19.2 Å². The van der Waals surface area contributed by atoms with E-state index in [1.54, 1.807) is 0 Å². The van der Waals surface area contributed by atoms with Gasteiger partial charge in [-0.2, -0.15) is 0 Å². The zero-order valence-corrected chi connectivity index (χ0v) is 17.9. The Morgan fingerprint density at radius 2 is 1.70 bits per heavy atom. The smallest absolute Gasteiger partial charge is 0.303 e. The van der Waals surface area contributed by atoms with Crippen LogP contribution in [0.1, 0.15) is 45.1 Å². The van der Waals surface area contributed by atoms with E-state index in [0.717, 1.165) is 31.3 Å². The zero-order chi connectivity index (χ0) is 22.4. The molecule has 0 radical (unpaired) electrons. The molecule has 4 N–H and O–H groups in total. The lowest BCUT2D eigenvalue weighted by molar-refractivity contribution is -0.143. The highest BCUT2D eigenvalue weighted by Gasteiger charge is 2.20. The van der Waals surface area contributed by atoms with E-state index < -0.39 is 18.0 Å². The maximum Gasteiger partial charge on any atom is 0.303 e. The Balaban J connectivity index is 0.000000479. The van der Waals surface area contributed by atoms with Crippen molar-refractivity contribution in [3.8, 4) is 5.75 Å². The second-order valence-corrected chi connectivity index (χ2v) is 7.73. The van der Waals surface area contributed by atoms with E-state index in [1.165, 1.54) is 18.4 Å². The predicted octanol–water partition coefficient (Wildman–Crippen LogP) is 2.33. The number of carboxylic acids is 2. The third kappa shape index (κ3) is 14.8. The van der Waals surface area contributed by atoms with Crippen LogP contribution in [0.3, 0.4) is 0 Å². The van der Waals surface area contributed by atoms with Gasteiger partial charge < -0.3 is 30.1 Å². The number of benzene rings is 1. The maximum atomic E-state index is 9.80. The van der Waals surface area contributed by atoms with Gasteiger partial charge in [-0.3, -0.25) is 9.59 Å². The van der Waals surface area contributed by atoms with Crippen molar-refractivity contribution < 1.29 is 34.4 Å². The summed E-state index contributed by atoms with van der Waals surface area (Å²) in [6, 6.07) is 8.41. The van der Waals surface area contributed by atoms with Gasteiger partial charge in [-0.15, -0.1) is 0 Å². The molecule has 170 valence electrons. The molecule has 2 rings (SSSR count). The van der Waals surface area contributed by atoms with Gasteiger partial charge in [-0.25, -0.2) is 0 Å². The number of aliphatic carboxylic acids is 2. The van der Waals surface area contributed by atoms with E-state index in [-0.39, 0.29) is 12.8 Å². The maximum absolute atomic E-state index is 9.80. The summed E-state index contributed by atoms with van der Waals surface area (Å²) in [5.41, 5.74) is 1.25. The van der Waals surface area contributed by atoms with Crippen LogP contribution in [0.2, 0.25) is 0 Å². The highest BCUT2D eigenvalue weighted by molar-refractivity contribution is 5.75. The first-order valence-corrected chi connectivity index (χ1v) is 10.4. The summed E-state index contributed by atoms with van der Waals surface area (Å²) >= 11 is 0. The molecular formula is C22H35NO7. The van der Waals surface area contributed by atoms with Crippen LogP contribution in [0.25, 0.3) is 0 Å². The number of carbonyl (C=O) groups is 2. The summed E-state index contributed by atoms with van der Waals surface area (Å²) in [6.45, 7) is 6.68. The van der Waals surface area contributed by atoms with Crippen LogP contribution in [-0.2, 0) is 20.7 Å². The molecule has 1 unspecified atom stereocenters. The van der Waals surface area contributed by atoms with Gasteiger partial charge in [0.25, 0.3) is 0 Å². The second-order valence-electron chi connectivity index (χ2n) is 7.73. The lowest BCUT2D eigenvalue weighted by atomic mass is 10.1. The lowest BCUT2D eigenvalue weighted by Crippen LogP contribution is -2.35. The zero-order valence-electron chi connectivity index (χ0n) is 17.9. The van der Waals surface area contributed by atoms with Gasteiger partial charge in [-0.1, -0.05) is 26.0 Å². The van der Waals surface area contributed by atoms with Crippen molar-refractivity contribution in [2.24, 2.45) is 5.92 Å². The molecule has 1 aliphatic carbocycles. The highest BCUT2D eigenvalue weighted by Crippen LogP contribution is 2.28. The molecule has 8 heteroatoms. The van der Waals surface area contributed by atoms with E-state index >= 15 is 0 Å². The number of ether oxygens (including phenoxy) is 2. The fourth-order valence-electron chi connectivity index (χ4n) is 2.31. The molecule has 8 nitrogen and oxygen atoms in total. The fraction of sp³-hybridized carbons (Fsp3) is 0.636. The number of aliphatic hydroxyl groups excluding tert-OH is 1. The Labute approximate surface area is 178 Å². The van der Waals surface area contributed by atoms with Crippen LogP contribution in [0.15, 0.2) is 24.3 Å². The van der Waals surface area contributed by atoms with Crippen molar-refractivity contribution in [2.75, 3.05) is 26.4 Å². The van der Waals surface area contributed by atoms with Gasteiger partial charge in [0, 0.05) is 19.2 Å². The average Bonchev–Trinajstić information content (AvgIpc) is 3.52. The third-order valence-electron chi connectivity index (χ3n) is 4.27. The molecule has 0 aromatic heterocycles. The van der Waals surface area contributed by atoms with Crippen LogP contribution in [-0.4, -0.2) is 65.8 Å². The summed E-state index contributed by atoms with van der Waals surface area (Å²) < 4.78 is 11.2. The van der Waals surface area contributed by atoms with Crippen molar-refractivity contribution in [1.82, 2.24) is 5.32 Å². The molecule has 1 fully saturated rings. The van der Waals surface area contributed by atoms with Crippen LogP contribution in [0.4, 0.5) is 0 Å². The number of hydrogen-bond acceptors (Lipinski definition) is 6. The predicted molar refractivity (Wildman–Crippen MR) is 113 cm³/mol. The van der Waals surface area contributed by atoms with Crippen molar-refractivity contribution in [2.45, 2.75) is 58.1 Å². The van der Waals surface area contributed by atoms with Crippen molar-refractivity contribution in [3.05, 3.63) is 29.8 Å². The second kappa shape index (κ2) is 14.8. The number of hydrogen-bond donors (Lipinski definition) is 4. The summed E-state index contributed by atoms with van der Waals surface area (Å²) in [7, 11) is 0. The first-order chi connectivity index (χ1) is 14.3. The quantitative estimate of drug-likeness (QED) is 0.335. The van der Waals surface area contributed by atoms with Crippen molar-refractivity contribution in [1.29, 1.82) is 0 Å². The van der Waals surface area contributed by atoms with Gasteiger partial charge in [0.1, 0.15) is 18.5 Å². The summed E-state index contributed by atoms with van der Waals surface area (Å²) in [5, 5.41) is 28.8. The molecule has 0 bridgehead atoms. The van der Waals surface area contributed by atoms with E-state index in [1.807, 2.05) is 12.1 Å². The molecule has 1 aliphatic rings.